The van der Waals surface area contributed by atoms with Gasteiger partial charge in [-0.2, -0.15) is 11.8 Å². The molecule has 2 heterocycles. The summed E-state index contributed by atoms with van der Waals surface area (Å²) >= 11 is 5.48. The summed E-state index contributed by atoms with van der Waals surface area (Å²) < 4.78 is 1.06. The van der Waals surface area contributed by atoms with Crippen LogP contribution in [0.4, 0.5) is 5.82 Å². The zero-order chi connectivity index (χ0) is 10.8. The van der Waals surface area contributed by atoms with E-state index in [4.69, 9.17) is 0 Å². The molecule has 1 atom stereocenters. The van der Waals surface area contributed by atoms with E-state index in [2.05, 4.69) is 45.7 Å². The van der Waals surface area contributed by atoms with Crippen LogP contribution >= 0.6 is 27.7 Å². The molecule has 2 nitrogen and oxygen atoms in total. The van der Waals surface area contributed by atoms with Crippen molar-refractivity contribution in [2.75, 3.05) is 23.0 Å². The van der Waals surface area contributed by atoms with Gasteiger partial charge in [-0.05, 0) is 41.4 Å². The molecule has 0 N–H and O–H groups in total. The van der Waals surface area contributed by atoms with Crippen molar-refractivity contribution in [3.05, 3.63) is 22.3 Å². The average Bonchev–Trinajstić information content (AvgIpc) is 2.20. The third-order valence-electron chi connectivity index (χ3n) is 2.66. The molecule has 82 valence electrons. The van der Waals surface area contributed by atoms with Crippen LogP contribution in [-0.2, 0) is 0 Å². The first-order valence-electron chi connectivity index (χ1n) is 5.15. The van der Waals surface area contributed by atoms with Gasteiger partial charge in [0.25, 0.3) is 0 Å². The van der Waals surface area contributed by atoms with Crippen molar-refractivity contribution in [2.45, 2.75) is 19.9 Å². The minimum absolute atomic E-state index is 0.594. The van der Waals surface area contributed by atoms with Crippen LogP contribution < -0.4 is 4.90 Å². The number of pyridine rings is 1. The number of nitrogens with zero attached hydrogens (tertiary/aromatic N) is 2. The Balaban J connectivity index is 2.27. The van der Waals surface area contributed by atoms with Gasteiger partial charge in [0.15, 0.2) is 0 Å². The molecule has 0 bridgehead atoms. The van der Waals surface area contributed by atoms with Crippen molar-refractivity contribution < 1.29 is 0 Å². The van der Waals surface area contributed by atoms with Gasteiger partial charge in [0.1, 0.15) is 5.82 Å². The van der Waals surface area contributed by atoms with Crippen LogP contribution in [0, 0.1) is 6.92 Å². The number of halogens is 1. The van der Waals surface area contributed by atoms with Crippen LogP contribution in [-0.4, -0.2) is 29.1 Å². The second kappa shape index (κ2) is 4.74. The molecule has 0 spiro atoms. The predicted octanol–water partition coefficient (Wildman–Crippen LogP) is 3.09. The minimum Gasteiger partial charge on any atom is -0.352 e. The van der Waals surface area contributed by atoms with E-state index >= 15 is 0 Å². The Kier molecular flexibility index (Phi) is 3.57. The lowest BCUT2D eigenvalue weighted by Gasteiger charge is -2.34. The molecule has 1 aliphatic heterocycles. The zero-order valence-electron chi connectivity index (χ0n) is 9.03. The molecule has 15 heavy (non-hydrogen) atoms. The molecule has 0 saturated carbocycles. The first-order chi connectivity index (χ1) is 7.18. The van der Waals surface area contributed by atoms with Crippen molar-refractivity contribution in [3.8, 4) is 0 Å². The van der Waals surface area contributed by atoms with Gasteiger partial charge in [0.05, 0.1) is 0 Å². The summed E-state index contributed by atoms with van der Waals surface area (Å²) in [6, 6.07) is 2.73. The molecule has 1 aliphatic rings. The van der Waals surface area contributed by atoms with Gasteiger partial charge in [0.2, 0.25) is 0 Å². The average molecular weight is 287 g/mol. The van der Waals surface area contributed by atoms with Crippen LogP contribution in [0.5, 0.6) is 0 Å². The van der Waals surface area contributed by atoms with Gasteiger partial charge in [-0.3, -0.25) is 0 Å². The lowest BCUT2D eigenvalue weighted by atomic mass is 10.2. The number of rotatable bonds is 1. The molecule has 2 rings (SSSR count). The summed E-state index contributed by atoms with van der Waals surface area (Å²) in [6.45, 7) is 5.51. The number of aromatic nitrogens is 1. The highest BCUT2D eigenvalue weighted by Gasteiger charge is 2.21. The smallest absolute Gasteiger partial charge is 0.131 e. The number of anilines is 1. The van der Waals surface area contributed by atoms with Gasteiger partial charge in [0, 0.05) is 34.8 Å². The fraction of sp³-hybridized carbons (Fsp3) is 0.545. The SMILES string of the molecule is Cc1cc(Br)cnc1N1CCSCC1C. The van der Waals surface area contributed by atoms with E-state index < -0.39 is 0 Å². The van der Waals surface area contributed by atoms with E-state index in [0.717, 1.165) is 16.8 Å². The number of thioether (sulfide) groups is 1. The predicted molar refractivity (Wildman–Crippen MR) is 70.8 cm³/mol. The molecule has 0 amide bonds. The van der Waals surface area contributed by atoms with E-state index in [1.54, 1.807) is 0 Å². The number of hydrogen-bond acceptors (Lipinski definition) is 3. The van der Waals surface area contributed by atoms with Crippen LogP contribution in [0.25, 0.3) is 0 Å². The largest absolute Gasteiger partial charge is 0.352 e. The highest BCUT2D eigenvalue weighted by atomic mass is 79.9. The van der Waals surface area contributed by atoms with E-state index in [1.807, 2.05) is 18.0 Å². The van der Waals surface area contributed by atoms with Gasteiger partial charge < -0.3 is 4.90 Å². The van der Waals surface area contributed by atoms with Crippen molar-refractivity contribution >= 4 is 33.5 Å². The summed E-state index contributed by atoms with van der Waals surface area (Å²) in [6.07, 6.45) is 1.89. The molecular weight excluding hydrogens is 272 g/mol. The lowest BCUT2D eigenvalue weighted by Crippen LogP contribution is -2.41. The lowest BCUT2D eigenvalue weighted by molar-refractivity contribution is 0.687. The maximum Gasteiger partial charge on any atom is 0.131 e. The van der Waals surface area contributed by atoms with Crippen molar-refractivity contribution in [1.29, 1.82) is 0 Å². The molecule has 0 radical (unpaired) electrons. The summed E-state index contributed by atoms with van der Waals surface area (Å²) in [7, 11) is 0. The number of hydrogen-bond donors (Lipinski definition) is 0. The second-order valence-corrected chi connectivity index (χ2v) is 5.98. The first kappa shape index (κ1) is 11.3. The fourth-order valence-electron chi connectivity index (χ4n) is 1.88. The summed E-state index contributed by atoms with van der Waals surface area (Å²) in [5.74, 6) is 3.56. The molecule has 1 saturated heterocycles. The van der Waals surface area contributed by atoms with E-state index in [1.165, 1.54) is 17.1 Å². The van der Waals surface area contributed by atoms with Crippen LogP contribution in [0.15, 0.2) is 16.7 Å². The molecule has 1 aromatic rings. The fourth-order valence-corrected chi connectivity index (χ4v) is 3.34. The Morgan fingerprint density at radius 3 is 3.07 bits per heavy atom. The molecule has 4 heteroatoms. The summed E-state index contributed by atoms with van der Waals surface area (Å²) in [4.78, 5) is 6.94. The van der Waals surface area contributed by atoms with E-state index in [9.17, 15) is 0 Å². The molecule has 0 aliphatic carbocycles. The third kappa shape index (κ3) is 2.48. The molecule has 1 aromatic heterocycles. The minimum atomic E-state index is 0.594. The summed E-state index contributed by atoms with van der Waals surface area (Å²) in [5.41, 5.74) is 1.25. The van der Waals surface area contributed by atoms with Crippen molar-refractivity contribution in [3.63, 3.8) is 0 Å². The molecule has 1 unspecified atom stereocenters. The Bertz CT molecular complexity index is 356. The molecule has 1 fully saturated rings. The van der Waals surface area contributed by atoms with E-state index in [-0.39, 0.29) is 0 Å². The highest BCUT2D eigenvalue weighted by molar-refractivity contribution is 9.10. The van der Waals surface area contributed by atoms with Crippen LogP contribution in [0.3, 0.4) is 0 Å². The monoisotopic (exact) mass is 286 g/mol. The number of aryl methyl sites for hydroxylation is 1. The Morgan fingerprint density at radius 2 is 2.40 bits per heavy atom. The van der Waals surface area contributed by atoms with Gasteiger partial charge >= 0.3 is 0 Å². The topological polar surface area (TPSA) is 16.1 Å². The standard InChI is InChI=1S/C11H15BrN2S/c1-8-5-10(12)6-13-11(8)14-3-4-15-7-9(14)2/h5-6,9H,3-4,7H2,1-2H3. The van der Waals surface area contributed by atoms with Gasteiger partial charge in [-0.15, -0.1) is 0 Å². The van der Waals surface area contributed by atoms with Gasteiger partial charge in [-0.1, -0.05) is 0 Å². The van der Waals surface area contributed by atoms with Crippen molar-refractivity contribution in [1.82, 2.24) is 4.98 Å². The Hall–Kier alpha value is -0.220. The maximum absolute atomic E-state index is 4.52. The van der Waals surface area contributed by atoms with E-state index in [0.29, 0.717) is 6.04 Å². The molecular formula is C11H15BrN2S. The zero-order valence-corrected chi connectivity index (χ0v) is 11.4. The Morgan fingerprint density at radius 1 is 1.60 bits per heavy atom. The maximum atomic E-state index is 4.52. The normalized spacial score (nSPS) is 21.8. The molecule has 0 aromatic carbocycles. The highest BCUT2D eigenvalue weighted by Crippen LogP contribution is 2.26. The summed E-state index contributed by atoms with van der Waals surface area (Å²) in [5, 5.41) is 0. The van der Waals surface area contributed by atoms with Gasteiger partial charge in [-0.25, -0.2) is 4.98 Å². The van der Waals surface area contributed by atoms with Crippen molar-refractivity contribution in [2.24, 2.45) is 0 Å². The Labute approximate surface area is 104 Å². The quantitative estimate of drug-likeness (QED) is 0.789. The second-order valence-electron chi connectivity index (χ2n) is 3.91. The van der Waals surface area contributed by atoms with Crippen LogP contribution in [0.2, 0.25) is 0 Å². The third-order valence-corrected chi connectivity index (χ3v) is 4.28. The first-order valence-corrected chi connectivity index (χ1v) is 7.10. The van der Waals surface area contributed by atoms with Crippen LogP contribution in [0.1, 0.15) is 12.5 Å².